The average Bonchev–Trinajstić information content (AvgIpc) is 2.25. The second-order valence-electron chi connectivity index (χ2n) is 5.01. The monoisotopic (exact) mass is 253 g/mol. The van der Waals surface area contributed by atoms with Crippen molar-refractivity contribution in [2.45, 2.75) is 32.9 Å². The summed E-state index contributed by atoms with van der Waals surface area (Å²) in [5.41, 5.74) is 1.76. The average molecular weight is 254 g/mol. The summed E-state index contributed by atoms with van der Waals surface area (Å²) in [4.78, 5) is 2.18. The molecule has 0 amide bonds. The molecule has 0 fully saturated rings. The molecule has 0 unspecified atom stereocenters. The van der Waals surface area contributed by atoms with E-state index in [0.29, 0.717) is 5.02 Å². The first-order valence-corrected chi connectivity index (χ1v) is 6.05. The molecule has 94 valence electrons. The Morgan fingerprint density at radius 1 is 1.41 bits per heavy atom. The van der Waals surface area contributed by atoms with Crippen LogP contribution in [0.25, 0.3) is 0 Å². The zero-order valence-corrected chi connectivity index (χ0v) is 11.5. The molecule has 3 heteroatoms. The lowest BCUT2D eigenvalue weighted by Crippen LogP contribution is -2.41. The van der Waals surface area contributed by atoms with Gasteiger partial charge in [0.25, 0.3) is 0 Å². The number of aliphatic hydroxyl groups is 1. The Bertz CT molecular complexity index is 396. The van der Waals surface area contributed by atoms with Gasteiger partial charge >= 0.3 is 0 Å². The van der Waals surface area contributed by atoms with E-state index in [0.717, 1.165) is 17.8 Å². The first-order chi connectivity index (χ1) is 7.90. The number of rotatable bonds is 4. The molecule has 0 spiro atoms. The fraction of sp³-hybridized carbons (Fsp3) is 0.429. The SMILES string of the molecule is C=CCN(c1ccc(CO)cc1Cl)C(C)(C)C. The molecule has 0 aliphatic heterocycles. The van der Waals surface area contributed by atoms with Crippen molar-refractivity contribution in [1.29, 1.82) is 0 Å². The number of hydrogen-bond acceptors (Lipinski definition) is 2. The van der Waals surface area contributed by atoms with E-state index >= 15 is 0 Å². The van der Waals surface area contributed by atoms with Gasteiger partial charge in [-0.1, -0.05) is 23.7 Å². The van der Waals surface area contributed by atoms with Gasteiger partial charge in [-0.3, -0.25) is 0 Å². The minimum absolute atomic E-state index is 0.0109. The highest BCUT2D eigenvalue weighted by molar-refractivity contribution is 6.33. The number of aliphatic hydroxyl groups excluding tert-OH is 1. The zero-order chi connectivity index (χ0) is 13.1. The smallest absolute Gasteiger partial charge is 0.0682 e. The van der Waals surface area contributed by atoms with Crippen LogP contribution in [0.15, 0.2) is 30.9 Å². The Hall–Kier alpha value is -0.990. The van der Waals surface area contributed by atoms with Gasteiger partial charge in [-0.25, -0.2) is 0 Å². The number of hydrogen-bond donors (Lipinski definition) is 1. The fourth-order valence-corrected chi connectivity index (χ4v) is 2.04. The van der Waals surface area contributed by atoms with Gasteiger partial charge in [-0.2, -0.15) is 0 Å². The molecule has 0 heterocycles. The molecule has 0 saturated carbocycles. The summed E-state index contributed by atoms with van der Waals surface area (Å²) in [6.07, 6.45) is 1.86. The summed E-state index contributed by atoms with van der Waals surface area (Å²) in [6, 6.07) is 5.64. The molecule has 2 nitrogen and oxygen atoms in total. The minimum atomic E-state index is -0.0292. The minimum Gasteiger partial charge on any atom is -0.392 e. The molecule has 0 bridgehead atoms. The van der Waals surface area contributed by atoms with Crippen LogP contribution >= 0.6 is 11.6 Å². The number of anilines is 1. The predicted octanol–water partition coefficient (Wildman–Crippen LogP) is 3.62. The van der Waals surface area contributed by atoms with Crippen molar-refractivity contribution in [2.24, 2.45) is 0 Å². The summed E-state index contributed by atoms with van der Waals surface area (Å²) in [6.45, 7) is 10.9. The maximum Gasteiger partial charge on any atom is 0.0682 e. The topological polar surface area (TPSA) is 23.5 Å². The van der Waals surface area contributed by atoms with Crippen LogP contribution in [-0.4, -0.2) is 17.2 Å². The van der Waals surface area contributed by atoms with E-state index in [9.17, 15) is 0 Å². The standard InChI is InChI=1S/C14H20ClNO/c1-5-8-16(14(2,3)4)13-7-6-11(10-17)9-12(13)15/h5-7,9,17H,1,8,10H2,2-4H3. The molecular formula is C14H20ClNO. The molecule has 0 radical (unpaired) electrons. The lowest BCUT2D eigenvalue weighted by atomic mass is 10.0. The molecule has 1 aromatic carbocycles. The van der Waals surface area contributed by atoms with Crippen LogP contribution in [0.4, 0.5) is 5.69 Å². The number of benzene rings is 1. The van der Waals surface area contributed by atoms with Crippen molar-refractivity contribution in [2.75, 3.05) is 11.4 Å². The van der Waals surface area contributed by atoms with E-state index in [1.54, 1.807) is 6.07 Å². The van der Waals surface area contributed by atoms with Crippen molar-refractivity contribution >= 4 is 17.3 Å². The molecule has 1 rings (SSSR count). The fourth-order valence-electron chi connectivity index (χ4n) is 1.73. The third kappa shape index (κ3) is 3.48. The Kier molecular flexibility index (Phi) is 4.61. The lowest BCUT2D eigenvalue weighted by molar-refractivity contribution is 0.282. The molecule has 0 aliphatic rings. The van der Waals surface area contributed by atoms with Gasteiger partial charge in [0.2, 0.25) is 0 Å². The van der Waals surface area contributed by atoms with E-state index in [2.05, 4.69) is 32.3 Å². The van der Waals surface area contributed by atoms with Gasteiger partial charge in [0.15, 0.2) is 0 Å². The zero-order valence-electron chi connectivity index (χ0n) is 10.7. The Labute approximate surface area is 109 Å². The highest BCUT2D eigenvalue weighted by Crippen LogP contribution is 2.31. The summed E-state index contributed by atoms with van der Waals surface area (Å²) in [5.74, 6) is 0. The second kappa shape index (κ2) is 5.56. The quantitative estimate of drug-likeness (QED) is 0.829. The van der Waals surface area contributed by atoms with E-state index in [4.69, 9.17) is 16.7 Å². The number of nitrogens with zero attached hydrogens (tertiary/aromatic N) is 1. The highest BCUT2D eigenvalue weighted by Gasteiger charge is 2.22. The first-order valence-electron chi connectivity index (χ1n) is 5.68. The van der Waals surface area contributed by atoms with Crippen LogP contribution in [0.3, 0.4) is 0 Å². The first kappa shape index (κ1) is 14.1. The number of halogens is 1. The normalized spacial score (nSPS) is 11.4. The Morgan fingerprint density at radius 2 is 2.06 bits per heavy atom. The molecule has 1 N–H and O–H groups in total. The summed E-state index contributed by atoms with van der Waals surface area (Å²) < 4.78 is 0. The molecule has 0 saturated heterocycles. The van der Waals surface area contributed by atoms with Crippen LogP contribution in [0.1, 0.15) is 26.3 Å². The third-order valence-corrected chi connectivity index (χ3v) is 2.91. The largest absolute Gasteiger partial charge is 0.392 e. The third-order valence-electron chi connectivity index (χ3n) is 2.61. The van der Waals surface area contributed by atoms with Gasteiger partial charge < -0.3 is 10.0 Å². The molecule has 0 aromatic heterocycles. The highest BCUT2D eigenvalue weighted by atomic mass is 35.5. The molecule has 1 aromatic rings. The predicted molar refractivity (Wildman–Crippen MR) is 74.7 cm³/mol. The van der Waals surface area contributed by atoms with Gasteiger partial charge in [0, 0.05) is 12.1 Å². The molecule has 17 heavy (non-hydrogen) atoms. The van der Waals surface area contributed by atoms with Gasteiger partial charge in [-0.05, 0) is 38.5 Å². The van der Waals surface area contributed by atoms with Crippen molar-refractivity contribution in [3.63, 3.8) is 0 Å². The van der Waals surface area contributed by atoms with Crippen LogP contribution < -0.4 is 4.90 Å². The Balaban J connectivity index is 3.15. The van der Waals surface area contributed by atoms with Crippen molar-refractivity contribution in [1.82, 2.24) is 0 Å². The van der Waals surface area contributed by atoms with E-state index < -0.39 is 0 Å². The van der Waals surface area contributed by atoms with Gasteiger partial charge in [0.05, 0.1) is 17.3 Å². The van der Waals surface area contributed by atoms with E-state index in [1.807, 2.05) is 18.2 Å². The van der Waals surface area contributed by atoms with Crippen LogP contribution in [-0.2, 0) is 6.61 Å². The Morgan fingerprint density at radius 3 is 2.47 bits per heavy atom. The lowest BCUT2D eigenvalue weighted by Gasteiger charge is -2.37. The molecule has 0 aliphatic carbocycles. The van der Waals surface area contributed by atoms with Crippen LogP contribution in [0, 0.1) is 0 Å². The summed E-state index contributed by atoms with van der Waals surface area (Å²) in [5, 5.41) is 9.73. The van der Waals surface area contributed by atoms with Crippen LogP contribution in [0.2, 0.25) is 5.02 Å². The summed E-state index contributed by atoms with van der Waals surface area (Å²) in [7, 11) is 0. The summed E-state index contributed by atoms with van der Waals surface area (Å²) >= 11 is 6.26. The van der Waals surface area contributed by atoms with Gasteiger partial charge in [0.1, 0.15) is 0 Å². The molecular weight excluding hydrogens is 234 g/mol. The molecule has 0 atom stereocenters. The van der Waals surface area contributed by atoms with Crippen molar-refractivity contribution in [3.8, 4) is 0 Å². The van der Waals surface area contributed by atoms with Crippen molar-refractivity contribution < 1.29 is 5.11 Å². The van der Waals surface area contributed by atoms with Crippen LogP contribution in [0.5, 0.6) is 0 Å². The van der Waals surface area contributed by atoms with E-state index in [-0.39, 0.29) is 12.1 Å². The van der Waals surface area contributed by atoms with Gasteiger partial charge in [-0.15, -0.1) is 6.58 Å². The maximum atomic E-state index is 9.07. The van der Waals surface area contributed by atoms with Crippen molar-refractivity contribution in [3.05, 3.63) is 41.4 Å². The maximum absolute atomic E-state index is 9.07. The second-order valence-corrected chi connectivity index (χ2v) is 5.42. The van der Waals surface area contributed by atoms with E-state index in [1.165, 1.54) is 0 Å².